The highest BCUT2D eigenvalue weighted by atomic mass is 19.4. The minimum atomic E-state index is -4.41. The molecule has 1 aromatic carbocycles. The molecule has 98 valence electrons. The topological polar surface area (TPSA) is 32.3 Å². The highest BCUT2D eigenvalue weighted by molar-refractivity contribution is 5.81. The molecule has 0 aromatic heterocycles. The summed E-state index contributed by atoms with van der Waals surface area (Å²) >= 11 is 0. The molecule has 0 radical (unpaired) electrons. The summed E-state index contributed by atoms with van der Waals surface area (Å²) in [6, 6.07) is 5.33. The number of carbonyl (C=O) groups excluding carboxylic acids is 1. The van der Waals surface area contributed by atoms with E-state index in [9.17, 15) is 18.0 Å². The van der Waals surface area contributed by atoms with Gasteiger partial charge in [-0.1, -0.05) is 18.2 Å². The molecule has 1 amide bonds. The third-order valence-electron chi connectivity index (χ3n) is 2.98. The first-order valence-corrected chi connectivity index (χ1v) is 5.64. The molecule has 0 spiro atoms. The number of hydrogen-bond acceptors (Lipinski definition) is 2. The van der Waals surface area contributed by atoms with Crippen LogP contribution in [0.4, 0.5) is 13.2 Å². The summed E-state index contributed by atoms with van der Waals surface area (Å²) in [7, 11) is 0. The molecule has 0 saturated carbocycles. The van der Waals surface area contributed by atoms with Gasteiger partial charge in [-0.2, -0.15) is 13.2 Å². The number of likely N-dealkylation sites (N-methyl/N-ethyl adjacent to an activating group) is 1. The van der Waals surface area contributed by atoms with Gasteiger partial charge in [-0.25, -0.2) is 0 Å². The van der Waals surface area contributed by atoms with E-state index in [0.29, 0.717) is 6.54 Å². The molecule has 18 heavy (non-hydrogen) atoms. The fourth-order valence-corrected chi connectivity index (χ4v) is 2.17. The summed E-state index contributed by atoms with van der Waals surface area (Å²) < 4.78 is 38.7. The number of halogens is 3. The normalized spacial score (nSPS) is 20.6. The van der Waals surface area contributed by atoms with Crippen LogP contribution in [0.15, 0.2) is 24.3 Å². The van der Waals surface area contributed by atoms with Crippen LogP contribution in [0, 0.1) is 0 Å². The molecule has 0 aliphatic carbocycles. The Morgan fingerprint density at radius 3 is 2.67 bits per heavy atom. The highest BCUT2D eigenvalue weighted by Gasteiger charge is 2.39. The number of nitrogens with zero attached hydrogens (tertiary/aromatic N) is 1. The van der Waals surface area contributed by atoms with Gasteiger partial charge in [-0.3, -0.25) is 10.1 Å². The maximum atomic E-state index is 12.9. The van der Waals surface area contributed by atoms with Crippen molar-refractivity contribution < 1.29 is 18.0 Å². The number of hydrogen-bond donors (Lipinski definition) is 1. The molecule has 1 N–H and O–H groups in total. The van der Waals surface area contributed by atoms with E-state index in [-0.39, 0.29) is 18.0 Å². The van der Waals surface area contributed by atoms with Crippen molar-refractivity contribution in [1.29, 1.82) is 0 Å². The predicted octanol–water partition coefficient (Wildman–Crippen LogP) is 2.16. The Morgan fingerprint density at radius 1 is 1.39 bits per heavy atom. The van der Waals surface area contributed by atoms with Crippen LogP contribution in [0.1, 0.15) is 24.2 Å². The summed E-state index contributed by atoms with van der Waals surface area (Å²) in [6.45, 7) is 2.20. The first-order chi connectivity index (χ1) is 8.45. The van der Waals surface area contributed by atoms with E-state index in [1.165, 1.54) is 17.0 Å². The fourth-order valence-electron chi connectivity index (χ4n) is 2.17. The molecule has 6 heteroatoms. The smallest absolute Gasteiger partial charge is 0.322 e. The summed E-state index contributed by atoms with van der Waals surface area (Å²) in [4.78, 5) is 12.9. The minimum Gasteiger partial charge on any atom is -0.322 e. The zero-order valence-electron chi connectivity index (χ0n) is 9.79. The van der Waals surface area contributed by atoms with Gasteiger partial charge < -0.3 is 4.90 Å². The Morgan fingerprint density at radius 2 is 2.06 bits per heavy atom. The maximum absolute atomic E-state index is 12.9. The third-order valence-corrected chi connectivity index (χ3v) is 2.98. The summed E-state index contributed by atoms with van der Waals surface area (Å²) in [5.74, 6) is -0.181. The van der Waals surface area contributed by atoms with Crippen LogP contribution in [0.3, 0.4) is 0 Å². The first kappa shape index (κ1) is 12.9. The van der Waals surface area contributed by atoms with Gasteiger partial charge in [0.25, 0.3) is 0 Å². The molecular weight excluding hydrogens is 245 g/mol. The first-order valence-electron chi connectivity index (χ1n) is 5.64. The van der Waals surface area contributed by atoms with Crippen molar-refractivity contribution in [2.24, 2.45) is 0 Å². The fraction of sp³-hybridized carbons (Fsp3) is 0.417. The van der Waals surface area contributed by atoms with E-state index >= 15 is 0 Å². The van der Waals surface area contributed by atoms with Crippen molar-refractivity contribution in [3.8, 4) is 0 Å². The average molecular weight is 258 g/mol. The maximum Gasteiger partial charge on any atom is 0.416 e. The Labute approximate surface area is 103 Å². The molecule has 3 nitrogen and oxygen atoms in total. The molecular formula is C12H13F3N2O. The van der Waals surface area contributed by atoms with Crippen molar-refractivity contribution in [2.45, 2.75) is 19.3 Å². The Hall–Kier alpha value is -1.56. The van der Waals surface area contributed by atoms with Crippen molar-refractivity contribution in [1.82, 2.24) is 10.2 Å². The molecule has 1 saturated heterocycles. The van der Waals surface area contributed by atoms with Crippen LogP contribution in [-0.4, -0.2) is 23.9 Å². The standard InChI is InChI=1S/C12H13F3N2O/c1-2-17-10(18)7-16-11(17)8-5-3-4-6-9(8)12(13,14)15/h3-6,11,16H,2,7H2,1H3. The molecule has 1 atom stereocenters. The molecule has 1 unspecified atom stereocenters. The summed E-state index contributed by atoms with van der Waals surface area (Å²) in [5.41, 5.74) is -0.603. The molecule has 1 aromatic rings. The summed E-state index contributed by atoms with van der Waals surface area (Å²) in [5, 5.41) is 2.81. The number of alkyl halides is 3. The second-order valence-corrected chi connectivity index (χ2v) is 4.05. The van der Waals surface area contributed by atoms with Crippen molar-refractivity contribution >= 4 is 5.91 Å². The molecule has 0 bridgehead atoms. The number of nitrogens with one attached hydrogen (secondary N) is 1. The number of amides is 1. The van der Waals surface area contributed by atoms with Crippen LogP contribution >= 0.6 is 0 Å². The average Bonchev–Trinajstić information content (AvgIpc) is 2.69. The van der Waals surface area contributed by atoms with Gasteiger partial charge in [0.15, 0.2) is 0 Å². The van der Waals surface area contributed by atoms with Crippen LogP contribution in [-0.2, 0) is 11.0 Å². The van der Waals surface area contributed by atoms with Gasteiger partial charge in [-0.15, -0.1) is 0 Å². The van der Waals surface area contributed by atoms with Gasteiger partial charge in [0, 0.05) is 12.1 Å². The lowest BCUT2D eigenvalue weighted by atomic mass is 10.0. The Bertz CT molecular complexity index is 459. The monoisotopic (exact) mass is 258 g/mol. The van der Waals surface area contributed by atoms with Gasteiger partial charge >= 0.3 is 6.18 Å². The van der Waals surface area contributed by atoms with Gasteiger partial charge in [0.1, 0.15) is 6.17 Å². The van der Waals surface area contributed by atoms with E-state index < -0.39 is 17.9 Å². The zero-order valence-corrected chi connectivity index (χ0v) is 9.79. The van der Waals surface area contributed by atoms with Crippen LogP contribution < -0.4 is 5.32 Å². The second-order valence-electron chi connectivity index (χ2n) is 4.05. The van der Waals surface area contributed by atoms with E-state index in [4.69, 9.17) is 0 Å². The second kappa shape index (κ2) is 4.61. The lowest BCUT2D eigenvalue weighted by Crippen LogP contribution is -2.31. The van der Waals surface area contributed by atoms with Crippen molar-refractivity contribution in [3.05, 3.63) is 35.4 Å². The molecule has 1 heterocycles. The SMILES string of the molecule is CCN1C(=O)CNC1c1ccccc1C(F)(F)F. The number of carbonyl (C=O) groups is 1. The number of rotatable bonds is 2. The largest absolute Gasteiger partial charge is 0.416 e. The van der Waals surface area contributed by atoms with Crippen molar-refractivity contribution in [3.63, 3.8) is 0 Å². The van der Waals surface area contributed by atoms with Gasteiger partial charge in [0.05, 0.1) is 12.1 Å². The third kappa shape index (κ3) is 2.20. The Balaban J connectivity index is 2.43. The zero-order chi connectivity index (χ0) is 13.3. The lowest BCUT2D eigenvalue weighted by Gasteiger charge is -2.25. The van der Waals surface area contributed by atoms with E-state index in [1.807, 2.05) is 0 Å². The predicted molar refractivity (Wildman–Crippen MR) is 59.6 cm³/mol. The minimum absolute atomic E-state index is 0.0741. The number of benzene rings is 1. The van der Waals surface area contributed by atoms with E-state index in [0.717, 1.165) is 6.07 Å². The van der Waals surface area contributed by atoms with E-state index in [2.05, 4.69) is 5.32 Å². The Kier molecular flexibility index (Phi) is 3.30. The van der Waals surface area contributed by atoms with E-state index in [1.54, 1.807) is 13.0 Å². The van der Waals surface area contributed by atoms with Crippen molar-refractivity contribution in [2.75, 3.05) is 13.1 Å². The summed E-state index contributed by atoms with van der Waals surface area (Å²) in [6.07, 6.45) is -5.11. The van der Waals surface area contributed by atoms with Crippen LogP contribution in [0.25, 0.3) is 0 Å². The quantitative estimate of drug-likeness (QED) is 0.881. The lowest BCUT2D eigenvalue weighted by molar-refractivity contribution is -0.139. The molecule has 1 aliphatic heterocycles. The van der Waals surface area contributed by atoms with Gasteiger partial charge in [-0.05, 0) is 13.0 Å². The van der Waals surface area contributed by atoms with Gasteiger partial charge in [0.2, 0.25) is 5.91 Å². The molecule has 1 aliphatic rings. The van der Waals surface area contributed by atoms with Crippen LogP contribution in [0.5, 0.6) is 0 Å². The molecule has 1 fully saturated rings. The van der Waals surface area contributed by atoms with Crippen LogP contribution in [0.2, 0.25) is 0 Å². The highest BCUT2D eigenvalue weighted by Crippen LogP contribution is 2.36. The molecule has 2 rings (SSSR count).